The maximum Gasteiger partial charge on any atom is 0.306 e. The average molecular weight is 745 g/mol. The minimum atomic E-state index is -4.60. The minimum absolute atomic E-state index is 0.137. The highest BCUT2D eigenvalue weighted by molar-refractivity contribution is 7.85. The van der Waals surface area contributed by atoms with Crippen LogP contribution in [0.4, 0.5) is 0 Å². The van der Waals surface area contributed by atoms with E-state index in [0.717, 1.165) is 70.6 Å². The molecule has 0 spiro atoms. The lowest BCUT2D eigenvalue weighted by Gasteiger charge is -2.40. The number of rotatable bonds is 29. The molecular weight excluding hydrogens is 680 g/mol. The van der Waals surface area contributed by atoms with Gasteiger partial charge in [0, 0.05) is 12.8 Å². The van der Waals surface area contributed by atoms with Gasteiger partial charge < -0.3 is 34.3 Å². The SMILES string of the molecule is CC/C=C/C=C/C=C/CCCCCCCC(=O)OC(COC(=O)CCCCCC/C=C/CCCC)CO[C@H]1O[C@H](CS(=O)(=O)O)[C@@H](O)C(O)C1O. The number of ether oxygens (including phenoxy) is 4. The summed E-state index contributed by atoms with van der Waals surface area (Å²) in [4.78, 5) is 25.2. The summed E-state index contributed by atoms with van der Waals surface area (Å²) in [7, 11) is -4.60. The molecule has 0 radical (unpaired) electrons. The molecule has 1 fully saturated rings. The lowest BCUT2D eigenvalue weighted by molar-refractivity contribution is -0.297. The summed E-state index contributed by atoms with van der Waals surface area (Å²) in [6.45, 7) is 3.51. The summed E-state index contributed by atoms with van der Waals surface area (Å²) in [5.41, 5.74) is 0. The van der Waals surface area contributed by atoms with Crippen molar-refractivity contribution in [2.75, 3.05) is 19.0 Å². The van der Waals surface area contributed by atoms with Gasteiger partial charge in [0.1, 0.15) is 36.8 Å². The lowest BCUT2D eigenvalue weighted by atomic mass is 10.00. The number of hydrogen-bond acceptors (Lipinski definition) is 11. The Morgan fingerprint density at radius 1 is 0.686 bits per heavy atom. The van der Waals surface area contributed by atoms with Crippen molar-refractivity contribution in [3.8, 4) is 0 Å². The van der Waals surface area contributed by atoms with Gasteiger partial charge >= 0.3 is 11.9 Å². The molecule has 0 aliphatic carbocycles. The fourth-order valence-electron chi connectivity index (χ4n) is 5.24. The van der Waals surface area contributed by atoms with E-state index in [2.05, 4.69) is 38.2 Å². The molecular formula is C38H64O12S. The number of carbonyl (C=O) groups is 2. The van der Waals surface area contributed by atoms with Crippen LogP contribution in [0.2, 0.25) is 0 Å². The zero-order valence-corrected chi connectivity index (χ0v) is 31.5. The van der Waals surface area contributed by atoms with Crippen LogP contribution in [0, 0.1) is 0 Å². The molecule has 294 valence electrons. The molecule has 12 nitrogen and oxygen atoms in total. The topological polar surface area (TPSA) is 186 Å². The second-order valence-corrected chi connectivity index (χ2v) is 14.4. The van der Waals surface area contributed by atoms with Gasteiger partial charge in [0.25, 0.3) is 10.1 Å². The van der Waals surface area contributed by atoms with Gasteiger partial charge in [0.05, 0.1) is 6.61 Å². The monoisotopic (exact) mass is 744 g/mol. The van der Waals surface area contributed by atoms with Crippen molar-refractivity contribution < 1.29 is 56.8 Å². The highest BCUT2D eigenvalue weighted by Gasteiger charge is 2.46. The largest absolute Gasteiger partial charge is 0.462 e. The maximum atomic E-state index is 12.7. The van der Waals surface area contributed by atoms with Crippen LogP contribution in [0.5, 0.6) is 0 Å². The van der Waals surface area contributed by atoms with E-state index in [9.17, 15) is 37.9 Å². The van der Waals surface area contributed by atoms with Crippen LogP contribution in [0.15, 0.2) is 48.6 Å². The highest BCUT2D eigenvalue weighted by Crippen LogP contribution is 2.24. The van der Waals surface area contributed by atoms with Crippen molar-refractivity contribution in [1.29, 1.82) is 0 Å². The van der Waals surface area contributed by atoms with Gasteiger partial charge in [-0.3, -0.25) is 14.1 Å². The van der Waals surface area contributed by atoms with Crippen LogP contribution in [-0.2, 0) is 38.7 Å². The van der Waals surface area contributed by atoms with E-state index >= 15 is 0 Å². The zero-order chi connectivity index (χ0) is 37.7. The van der Waals surface area contributed by atoms with Crippen molar-refractivity contribution in [1.82, 2.24) is 0 Å². The number of aliphatic hydroxyl groups is 3. The van der Waals surface area contributed by atoms with Crippen molar-refractivity contribution in [3.05, 3.63) is 48.6 Å². The van der Waals surface area contributed by atoms with Crippen molar-refractivity contribution >= 4 is 22.1 Å². The fraction of sp³-hybridized carbons (Fsp3) is 0.737. The normalized spacial score (nSPS) is 22.0. The zero-order valence-electron chi connectivity index (χ0n) is 30.7. The molecule has 51 heavy (non-hydrogen) atoms. The second-order valence-electron chi connectivity index (χ2n) is 12.9. The molecule has 1 rings (SSSR count). The molecule has 4 N–H and O–H groups in total. The van der Waals surface area contributed by atoms with Gasteiger partial charge in [-0.1, -0.05) is 107 Å². The molecule has 6 atom stereocenters. The smallest absolute Gasteiger partial charge is 0.306 e. The molecule has 1 aliphatic rings. The third-order valence-corrected chi connectivity index (χ3v) is 8.95. The first-order valence-electron chi connectivity index (χ1n) is 18.7. The van der Waals surface area contributed by atoms with E-state index in [1.165, 1.54) is 12.8 Å². The Kier molecular flexibility index (Phi) is 26.6. The van der Waals surface area contributed by atoms with Crippen molar-refractivity contribution in [2.24, 2.45) is 0 Å². The summed E-state index contributed by atoms with van der Waals surface area (Å²) in [6.07, 6.45) is 21.8. The predicted octanol–water partition coefficient (Wildman–Crippen LogP) is 6.05. The van der Waals surface area contributed by atoms with Gasteiger partial charge in [0.2, 0.25) is 0 Å². The Hall–Kier alpha value is -2.39. The second kappa shape index (κ2) is 29.1. The van der Waals surface area contributed by atoms with E-state index in [0.29, 0.717) is 12.8 Å². The summed E-state index contributed by atoms with van der Waals surface area (Å²) < 4.78 is 53.7. The first-order chi connectivity index (χ1) is 24.5. The van der Waals surface area contributed by atoms with Crippen molar-refractivity contribution in [2.45, 2.75) is 160 Å². The standard InChI is InChI=1S/C38H64O12S/c1-3-5-7-9-11-13-15-16-17-19-21-23-25-27-34(40)49-31(28-47-33(39)26-24-22-20-18-14-12-10-8-6-4-2)29-48-38-37(43)36(42)35(41)32(50-38)30-51(44,45)46/h5,7,9-13,15,31-32,35-38,41-43H,3-4,6,8,14,16-30H2,1-2H3,(H,44,45,46)/b7-5+,11-9+,12-10+,15-13+/t31?,32-,35-,36?,37?,38+/m1/s1. The molecule has 0 aromatic heterocycles. The summed E-state index contributed by atoms with van der Waals surface area (Å²) in [5, 5.41) is 30.7. The Labute approximate surface area is 305 Å². The molecule has 0 aromatic carbocycles. The van der Waals surface area contributed by atoms with Gasteiger partial charge in [-0.2, -0.15) is 8.42 Å². The molecule has 0 saturated carbocycles. The van der Waals surface area contributed by atoms with Gasteiger partial charge in [0.15, 0.2) is 12.4 Å². The average Bonchev–Trinajstić information content (AvgIpc) is 3.09. The third kappa shape index (κ3) is 24.5. The number of allylic oxidation sites excluding steroid dienone is 8. The van der Waals surface area contributed by atoms with Crippen LogP contribution in [0.3, 0.4) is 0 Å². The lowest BCUT2D eigenvalue weighted by Crippen LogP contribution is -2.60. The third-order valence-electron chi connectivity index (χ3n) is 8.20. The molecule has 1 aliphatic heterocycles. The number of aliphatic hydroxyl groups excluding tert-OH is 3. The quantitative estimate of drug-likeness (QED) is 0.0229. The Bertz CT molecular complexity index is 1150. The van der Waals surface area contributed by atoms with E-state index in [1.807, 2.05) is 24.3 Å². The number of hydrogen-bond donors (Lipinski definition) is 4. The predicted molar refractivity (Wildman–Crippen MR) is 196 cm³/mol. The van der Waals surface area contributed by atoms with Crippen molar-refractivity contribution in [3.63, 3.8) is 0 Å². The molecule has 0 amide bonds. The summed E-state index contributed by atoms with van der Waals surface area (Å²) in [5.74, 6) is -2.04. The number of carbonyl (C=O) groups excluding carboxylic acids is 2. The van der Waals surface area contributed by atoms with E-state index in [4.69, 9.17) is 18.9 Å². The van der Waals surface area contributed by atoms with Crippen LogP contribution in [-0.4, -0.2) is 96.0 Å². The van der Waals surface area contributed by atoms with E-state index < -0.39 is 71.2 Å². The number of unbranched alkanes of at least 4 members (excludes halogenated alkanes) is 11. The fourth-order valence-corrected chi connectivity index (χ4v) is 5.93. The first kappa shape index (κ1) is 46.6. The summed E-state index contributed by atoms with van der Waals surface area (Å²) >= 11 is 0. The van der Waals surface area contributed by atoms with Gasteiger partial charge in [-0.05, 0) is 51.4 Å². The van der Waals surface area contributed by atoms with Crippen LogP contribution in [0.25, 0.3) is 0 Å². The Morgan fingerprint density at radius 3 is 1.88 bits per heavy atom. The molecule has 13 heteroatoms. The molecule has 1 saturated heterocycles. The minimum Gasteiger partial charge on any atom is -0.462 e. The summed E-state index contributed by atoms with van der Waals surface area (Å²) in [6, 6.07) is 0. The van der Waals surface area contributed by atoms with Gasteiger partial charge in [-0.15, -0.1) is 0 Å². The Morgan fingerprint density at radius 2 is 1.25 bits per heavy atom. The Balaban J connectivity index is 2.57. The van der Waals surface area contributed by atoms with Crippen LogP contribution >= 0.6 is 0 Å². The number of esters is 2. The maximum absolute atomic E-state index is 12.7. The first-order valence-corrected chi connectivity index (χ1v) is 20.3. The highest BCUT2D eigenvalue weighted by atomic mass is 32.2. The molecule has 0 aromatic rings. The van der Waals surface area contributed by atoms with E-state index in [1.54, 1.807) is 0 Å². The molecule has 0 bridgehead atoms. The van der Waals surface area contributed by atoms with Crippen LogP contribution in [0.1, 0.15) is 123 Å². The van der Waals surface area contributed by atoms with Gasteiger partial charge in [-0.25, -0.2) is 0 Å². The molecule has 3 unspecified atom stereocenters. The van der Waals surface area contributed by atoms with Crippen LogP contribution < -0.4 is 0 Å². The molecule has 1 heterocycles. The van der Waals surface area contributed by atoms with E-state index in [-0.39, 0.29) is 19.4 Å².